The van der Waals surface area contributed by atoms with Gasteiger partial charge in [0.1, 0.15) is 0 Å². The largest absolute Gasteiger partial charge is 0.545 e. The minimum atomic E-state index is -1.17. The van der Waals surface area contributed by atoms with Crippen molar-refractivity contribution in [2.75, 3.05) is 0 Å². The molecule has 0 N–H and O–H groups in total. The number of carbonyl (C=O) groups excluding carboxylic acids is 1. The minimum absolute atomic E-state index is 0. The van der Waals surface area contributed by atoms with Gasteiger partial charge < -0.3 is 9.90 Å². The minimum Gasteiger partial charge on any atom is -0.545 e. The number of carbonyl (C=O) groups is 1. The van der Waals surface area contributed by atoms with Crippen LogP contribution in [0.15, 0.2) is 24.5 Å². The van der Waals surface area contributed by atoms with Gasteiger partial charge in [0, 0.05) is 70.0 Å². The Labute approximate surface area is 192 Å². The number of nitrogens with zero attached hydrogens (tertiary/aromatic N) is 1. The molecule has 0 aliphatic heterocycles. The fourth-order valence-corrected chi connectivity index (χ4v) is 23.9. The van der Waals surface area contributed by atoms with Crippen LogP contribution in [-0.4, -0.2) is 63.0 Å². The maximum Gasteiger partial charge on any atom is 0.0716 e. The van der Waals surface area contributed by atoms with E-state index in [1.54, 1.807) is 0 Å². The Kier molecular flexibility index (Phi) is 15.7. The van der Waals surface area contributed by atoms with Crippen LogP contribution in [0, 0.1) is 11.3 Å². The Morgan fingerprint density at radius 3 is 1.07 bits per heavy atom. The summed E-state index contributed by atoms with van der Waals surface area (Å²) in [7, 11) is -3.42. The number of aromatic carboxylic acids is 1. The molecule has 0 unspecified atom stereocenters. The maximum absolute atomic E-state index is 10.1. The van der Waals surface area contributed by atoms with Gasteiger partial charge in [0.25, 0.3) is 0 Å². The second-order valence-electron chi connectivity index (χ2n) is 11.3. The molecule has 0 atom stereocenters. The van der Waals surface area contributed by atoms with E-state index < -0.39 is 38.3 Å². The van der Waals surface area contributed by atoms with Crippen molar-refractivity contribution in [1.29, 1.82) is 0 Å². The predicted molar refractivity (Wildman–Crippen MR) is 136 cm³/mol. The molecule has 3 nitrogen and oxygen atoms in total. The van der Waals surface area contributed by atoms with E-state index in [0.29, 0.717) is 0 Å². The fourth-order valence-electron chi connectivity index (χ4n) is 3.09. The summed E-state index contributed by atoms with van der Waals surface area (Å²) in [4.78, 5) is 13.7. The molecule has 1 rings (SSSR count). The average molecular weight is 511 g/mol. The van der Waals surface area contributed by atoms with Crippen LogP contribution in [0.3, 0.4) is 0 Å². The molecule has 0 amide bonds. The first kappa shape index (κ1) is 32.8. The van der Waals surface area contributed by atoms with Gasteiger partial charge in [0.05, 0.1) is 5.97 Å². The van der Waals surface area contributed by atoms with E-state index in [1.165, 1.54) is 24.5 Å². The van der Waals surface area contributed by atoms with Gasteiger partial charge in [0.2, 0.25) is 0 Å². The number of aromatic nitrogens is 1. The molecule has 0 aliphatic rings. The van der Waals surface area contributed by atoms with E-state index in [9.17, 15) is 9.90 Å². The number of hydrogen-bond acceptors (Lipinski definition) is 3. The number of hydrogen-bond donors (Lipinski definition) is 0. The molecule has 1 heterocycles. The zero-order valence-corrected chi connectivity index (χ0v) is 26.7. The van der Waals surface area contributed by atoms with Crippen molar-refractivity contribution < 1.29 is 9.90 Å². The summed E-state index contributed by atoms with van der Waals surface area (Å²) in [6.07, 6.45) is 2.82. The van der Waals surface area contributed by atoms with Crippen LogP contribution in [0.1, 0.15) is 10.4 Å². The normalized spacial score (nSPS) is 11.9. The molecule has 159 valence electrons. The molecule has 5 radical (unpaired) electrons. The van der Waals surface area contributed by atoms with E-state index >= 15 is 0 Å². The molecule has 1 aromatic rings. The molecule has 28 heavy (non-hydrogen) atoms. The summed E-state index contributed by atoms with van der Waals surface area (Å²) in [6, 6.07) is 2.77. The van der Waals surface area contributed by atoms with E-state index in [4.69, 9.17) is 0 Å². The van der Waals surface area contributed by atoms with Gasteiger partial charge in [0.15, 0.2) is 0 Å². The third-order valence-corrected chi connectivity index (χ3v) is 16.5. The van der Waals surface area contributed by atoms with Crippen LogP contribution in [0.2, 0.25) is 78.6 Å². The number of rotatable bonds is 5. The molecule has 0 fully saturated rings. The summed E-state index contributed by atoms with van der Waals surface area (Å²) >= 11 is 0. The molecule has 0 saturated heterocycles. The summed E-state index contributed by atoms with van der Waals surface area (Å²) in [6.45, 7) is 28.9. The van der Waals surface area contributed by atoms with Gasteiger partial charge in [-0.1, -0.05) is 89.9 Å². The molecule has 8 heteroatoms. The second kappa shape index (κ2) is 13.4. The number of pyridine rings is 1. The van der Waals surface area contributed by atoms with Crippen molar-refractivity contribution in [3.8, 4) is 0 Å². The van der Waals surface area contributed by atoms with Crippen molar-refractivity contribution >= 4 is 58.1 Å². The topological polar surface area (TPSA) is 53.0 Å². The third-order valence-electron chi connectivity index (χ3n) is 2.65. The molecule has 1 aromatic heterocycles. The summed E-state index contributed by atoms with van der Waals surface area (Å²) in [5.74, 6) is -1.17. The molecule has 0 aliphatic carbocycles. The summed E-state index contributed by atoms with van der Waals surface area (Å²) in [5.41, 5.74) is 5.46. The van der Waals surface area contributed by atoms with Gasteiger partial charge >= 0.3 is 0 Å². The smallest absolute Gasteiger partial charge is 0.0716 e. The van der Waals surface area contributed by atoms with Crippen molar-refractivity contribution in [3.63, 3.8) is 0 Å². The standard InChI is InChI=1S/2C7H19Si2.C6H5NO2.Ga/c2*1-8(2,3)7-9(4,5)6;8-6(9)5-1-3-7-4-2-5;/h2*7H,1-6H3;1-4H,(H,8,9);/p-1. The second-order valence-corrected chi connectivity index (χ2v) is 32.5. The predicted octanol–water partition coefficient (Wildman–Crippen LogP) is 4.96. The molecule has 0 bridgehead atoms. The van der Waals surface area contributed by atoms with Crippen LogP contribution < -0.4 is 5.11 Å². The molecule has 0 spiro atoms. The monoisotopic (exact) mass is 509 g/mol. The molecule has 0 saturated carbocycles. The van der Waals surface area contributed by atoms with Crippen molar-refractivity contribution in [2.45, 2.75) is 78.6 Å². The Morgan fingerprint density at radius 1 is 0.714 bits per heavy atom. The fraction of sp³-hybridized carbons (Fsp3) is 0.600. The van der Waals surface area contributed by atoms with Gasteiger partial charge in [-0.15, -0.1) is 0 Å². The first-order valence-corrected chi connectivity index (χ1v) is 23.9. The van der Waals surface area contributed by atoms with Crippen LogP contribution in [0.25, 0.3) is 0 Å². The van der Waals surface area contributed by atoms with E-state index in [2.05, 4.69) is 94.9 Å². The van der Waals surface area contributed by atoms with Crippen LogP contribution in [-0.2, 0) is 0 Å². The molecular weight excluding hydrogens is 468 g/mol. The zero-order chi connectivity index (χ0) is 22.1. The average Bonchev–Trinajstić information content (AvgIpc) is 2.32. The number of carboxylic acids is 1. The van der Waals surface area contributed by atoms with Crippen molar-refractivity contribution in [1.82, 2.24) is 4.98 Å². The Hall–Kier alpha value is 0.124. The van der Waals surface area contributed by atoms with Crippen molar-refractivity contribution in [2.24, 2.45) is 0 Å². The zero-order valence-electron chi connectivity index (χ0n) is 20.3. The first-order valence-electron chi connectivity index (χ1n) is 9.57. The summed E-state index contributed by atoms with van der Waals surface area (Å²) in [5, 5.41) is 10.1. The van der Waals surface area contributed by atoms with E-state index in [-0.39, 0.29) is 25.4 Å². The SMILES string of the molecule is C[Si](C)(C)[CH][Si](C)(C)C.C[Si](C)(C)[CH][Si](C)(C)C.O=C([O-])c1ccncc1.[Ga]. The van der Waals surface area contributed by atoms with Gasteiger partial charge in [-0.25, -0.2) is 0 Å². The van der Waals surface area contributed by atoms with Gasteiger partial charge in [-0.2, -0.15) is 0 Å². The Morgan fingerprint density at radius 2 is 0.964 bits per heavy atom. The van der Waals surface area contributed by atoms with E-state index in [0.717, 1.165) is 0 Å². The van der Waals surface area contributed by atoms with Crippen LogP contribution >= 0.6 is 0 Å². The Bertz CT molecular complexity index is 493. The van der Waals surface area contributed by atoms with Gasteiger partial charge in [-0.3, -0.25) is 4.98 Å². The number of carboxylic acid groups (broad SMARTS) is 1. The van der Waals surface area contributed by atoms with Crippen molar-refractivity contribution in [3.05, 3.63) is 41.4 Å². The first-order chi connectivity index (χ1) is 11.7. The maximum atomic E-state index is 10.1. The quantitative estimate of drug-likeness (QED) is 0.527. The van der Waals surface area contributed by atoms with E-state index in [1.807, 2.05) is 0 Å². The third kappa shape index (κ3) is 28.3. The summed E-state index contributed by atoms with van der Waals surface area (Å²) < 4.78 is 0. The van der Waals surface area contributed by atoms with Crippen LogP contribution in [0.5, 0.6) is 0 Å². The molecular formula is C20H42GaNO2Si4-. The van der Waals surface area contributed by atoms with Crippen LogP contribution in [0.4, 0.5) is 0 Å². The Balaban J connectivity index is -0.000000329. The molecule has 0 aromatic carbocycles. The van der Waals surface area contributed by atoms with Gasteiger partial charge in [-0.05, 0) is 12.1 Å².